The fourth-order valence-corrected chi connectivity index (χ4v) is 4.28. The lowest BCUT2D eigenvalue weighted by Crippen LogP contribution is -2.11. The Balaban J connectivity index is 0.000000258. The lowest BCUT2D eigenvalue weighted by atomic mass is 10.0. The van der Waals surface area contributed by atoms with Gasteiger partial charge >= 0.3 is 0 Å². The average Bonchev–Trinajstić information content (AvgIpc) is 3.23. The van der Waals surface area contributed by atoms with Crippen LogP contribution in [0.15, 0.2) is 23.0 Å². The molecular weight excluding hydrogens is 376 g/mol. The van der Waals surface area contributed by atoms with Crippen LogP contribution in [0.5, 0.6) is 0 Å². The molecule has 0 saturated heterocycles. The zero-order chi connectivity index (χ0) is 17.6. The van der Waals surface area contributed by atoms with Gasteiger partial charge in [-0.15, -0.1) is 22.7 Å². The molecule has 0 spiro atoms. The molecule has 132 valence electrons. The highest BCUT2D eigenvalue weighted by molar-refractivity contribution is 7.17. The Bertz CT molecular complexity index is 846. The summed E-state index contributed by atoms with van der Waals surface area (Å²) in [5.74, 6) is 0.0139. The van der Waals surface area contributed by atoms with E-state index in [0.29, 0.717) is 25.9 Å². The van der Waals surface area contributed by atoms with Crippen LogP contribution in [0.1, 0.15) is 48.9 Å². The number of carbonyl (C=O) groups is 1. The van der Waals surface area contributed by atoms with Crippen molar-refractivity contribution in [3.63, 3.8) is 0 Å². The fourth-order valence-electron chi connectivity index (χ4n) is 2.62. The van der Waals surface area contributed by atoms with Crippen molar-refractivity contribution in [1.29, 1.82) is 0 Å². The maximum absolute atomic E-state index is 12.2. The Labute approximate surface area is 159 Å². The number of anilines is 2. The number of nitrogen functional groups attached to an aromatic ring is 1. The summed E-state index contributed by atoms with van der Waals surface area (Å²) in [6, 6.07) is 1.75. The maximum Gasteiger partial charge on any atom is 0.258 e. The highest BCUT2D eigenvalue weighted by atomic mass is 35.5. The van der Waals surface area contributed by atoms with E-state index in [1.807, 2.05) is 5.38 Å². The van der Waals surface area contributed by atoms with Gasteiger partial charge < -0.3 is 11.1 Å². The van der Waals surface area contributed by atoms with Crippen molar-refractivity contribution in [1.82, 2.24) is 9.97 Å². The summed E-state index contributed by atoms with van der Waals surface area (Å²) >= 11 is 8.65. The number of hydrogen-bond donors (Lipinski definition) is 2. The fraction of sp³-hybridized carbons (Fsp3) is 0.353. The van der Waals surface area contributed by atoms with Crippen LogP contribution >= 0.6 is 34.3 Å². The van der Waals surface area contributed by atoms with Gasteiger partial charge in [0.15, 0.2) is 0 Å². The normalized spacial score (nSPS) is 14.0. The van der Waals surface area contributed by atoms with Crippen LogP contribution in [0.25, 0.3) is 10.3 Å². The number of amides is 1. The van der Waals surface area contributed by atoms with E-state index >= 15 is 0 Å². The number of hydrogen-bond acceptors (Lipinski definition) is 6. The second-order valence-electron chi connectivity index (χ2n) is 5.78. The second-order valence-corrected chi connectivity index (χ2v) is 8.16. The number of nitrogens with two attached hydrogens (primary N) is 1. The summed E-state index contributed by atoms with van der Waals surface area (Å²) in [5.41, 5.74) is 7.14. The molecule has 25 heavy (non-hydrogen) atoms. The molecule has 0 atom stereocenters. The van der Waals surface area contributed by atoms with Crippen LogP contribution in [0.3, 0.4) is 0 Å². The van der Waals surface area contributed by atoms with Crippen LogP contribution in [-0.2, 0) is 0 Å². The highest BCUT2D eigenvalue weighted by Crippen LogP contribution is 2.29. The van der Waals surface area contributed by atoms with Gasteiger partial charge in [0.2, 0.25) is 0 Å². The lowest BCUT2D eigenvalue weighted by Gasteiger charge is -2.05. The van der Waals surface area contributed by atoms with E-state index in [1.54, 1.807) is 11.4 Å². The van der Waals surface area contributed by atoms with E-state index in [2.05, 4.69) is 15.3 Å². The van der Waals surface area contributed by atoms with Crippen LogP contribution < -0.4 is 11.1 Å². The molecule has 3 aromatic rings. The van der Waals surface area contributed by atoms with Crippen molar-refractivity contribution >= 4 is 62.0 Å². The molecule has 0 aliphatic heterocycles. The minimum absolute atomic E-state index is 0.272. The third-order valence-electron chi connectivity index (χ3n) is 3.91. The standard InChI is InChI=1S/C11H7ClN4OS2.C6H12/c12-9-6(1-2-18-9)15-10(17)5-4-19-11-8(5)16-7(13)3-14-11;1-2-4-6-5-3-1/h1-4H,(H2,13,16)(H,15,17);1-6H2. The van der Waals surface area contributed by atoms with E-state index in [-0.39, 0.29) is 11.7 Å². The zero-order valence-electron chi connectivity index (χ0n) is 13.6. The number of carbonyl (C=O) groups excluding carboxylic acids is 1. The molecule has 1 saturated carbocycles. The van der Waals surface area contributed by atoms with E-state index < -0.39 is 0 Å². The summed E-state index contributed by atoms with van der Waals surface area (Å²) in [6.07, 6.45) is 10.5. The summed E-state index contributed by atoms with van der Waals surface area (Å²) in [6.45, 7) is 0. The summed E-state index contributed by atoms with van der Waals surface area (Å²) in [5, 5.41) is 6.26. The Morgan fingerprint density at radius 2 is 1.84 bits per heavy atom. The molecule has 1 aliphatic rings. The molecule has 4 rings (SSSR count). The van der Waals surface area contributed by atoms with Gasteiger partial charge in [0.25, 0.3) is 5.91 Å². The third-order valence-corrected chi connectivity index (χ3v) is 5.96. The Hall–Kier alpha value is -1.70. The molecule has 3 heterocycles. The molecule has 0 bridgehead atoms. The van der Waals surface area contributed by atoms with Gasteiger partial charge in [-0.3, -0.25) is 4.79 Å². The highest BCUT2D eigenvalue weighted by Gasteiger charge is 2.16. The topological polar surface area (TPSA) is 80.9 Å². The Morgan fingerprint density at radius 3 is 2.44 bits per heavy atom. The van der Waals surface area contributed by atoms with Crippen LogP contribution in [0, 0.1) is 0 Å². The first-order chi connectivity index (χ1) is 12.1. The van der Waals surface area contributed by atoms with E-state index in [9.17, 15) is 4.79 Å². The van der Waals surface area contributed by atoms with Crippen molar-refractivity contribution in [2.24, 2.45) is 0 Å². The van der Waals surface area contributed by atoms with Crippen molar-refractivity contribution in [3.8, 4) is 0 Å². The summed E-state index contributed by atoms with van der Waals surface area (Å²) in [4.78, 5) is 21.1. The molecule has 8 heteroatoms. The minimum Gasteiger partial charge on any atom is -0.382 e. The van der Waals surface area contributed by atoms with Crippen molar-refractivity contribution < 1.29 is 4.79 Å². The van der Waals surface area contributed by atoms with Gasteiger partial charge in [-0.2, -0.15) is 0 Å². The molecule has 0 radical (unpaired) electrons. The zero-order valence-corrected chi connectivity index (χ0v) is 16.0. The predicted octanol–water partition coefficient (Wildman–Crippen LogP) is 5.58. The SMILES string of the molecule is C1CCCCC1.Nc1cnc2scc(C(=O)Nc3ccsc3Cl)c2n1. The Kier molecular flexibility index (Phi) is 6.23. The third kappa shape index (κ3) is 4.68. The Morgan fingerprint density at radius 1 is 1.16 bits per heavy atom. The van der Waals surface area contributed by atoms with Crippen molar-refractivity contribution in [2.75, 3.05) is 11.1 Å². The molecule has 1 aliphatic carbocycles. The molecule has 5 nitrogen and oxygen atoms in total. The summed E-state index contributed by atoms with van der Waals surface area (Å²) < 4.78 is 0.540. The number of aromatic nitrogens is 2. The van der Waals surface area contributed by atoms with Crippen molar-refractivity contribution in [3.05, 3.63) is 32.9 Å². The van der Waals surface area contributed by atoms with Gasteiger partial charge in [0, 0.05) is 5.38 Å². The maximum atomic E-state index is 12.2. The van der Waals surface area contributed by atoms with E-state index in [4.69, 9.17) is 17.3 Å². The van der Waals surface area contributed by atoms with Gasteiger partial charge in [0.05, 0.1) is 17.4 Å². The summed E-state index contributed by atoms with van der Waals surface area (Å²) in [7, 11) is 0. The van der Waals surface area contributed by atoms with Crippen LogP contribution in [-0.4, -0.2) is 15.9 Å². The van der Waals surface area contributed by atoms with E-state index in [1.165, 1.54) is 67.4 Å². The molecule has 1 amide bonds. The molecule has 1 fully saturated rings. The number of halogens is 1. The van der Waals surface area contributed by atoms with Crippen molar-refractivity contribution in [2.45, 2.75) is 38.5 Å². The molecule has 3 N–H and O–H groups in total. The monoisotopic (exact) mass is 394 g/mol. The number of thiophene rings is 2. The van der Waals surface area contributed by atoms with Gasteiger partial charge in [-0.05, 0) is 11.4 Å². The van der Waals surface area contributed by atoms with Crippen LogP contribution in [0.4, 0.5) is 11.5 Å². The van der Waals surface area contributed by atoms with E-state index in [0.717, 1.165) is 0 Å². The first-order valence-corrected chi connectivity index (χ1v) is 10.3. The first kappa shape index (κ1) is 18.1. The number of fused-ring (bicyclic) bond motifs is 1. The second kappa shape index (κ2) is 8.60. The largest absolute Gasteiger partial charge is 0.382 e. The smallest absolute Gasteiger partial charge is 0.258 e. The minimum atomic E-state index is -0.272. The average molecular weight is 395 g/mol. The molecule has 0 unspecified atom stereocenters. The molecule has 3 aromatic heterocycles. The quantitative estimate of drug-likeness (QED) is 0.594. The van der Waals surface area contributed by atoms with Gasteiger partial charge in [-0.25, -0.2) is 9.97 Å². The number of nitrogens with zero attached hydrogens (tertiary/aromatic N) is 2. The predicted molar refractivity (Wildman–Crippen MR) is 107 cm³/mol. The molecular formula is C17H19ClN4OS2. The first-order valence-electron chi connectivity index (χ1n) is 8.19. The van der Waals surface area contributed by atoms with Crippen LogP contribution in [0.2, 0.25) is 4.34 Å². The van der Waals surface area contributed by atoms with Gasteiger partial charge in [-0.1, -0.05) is 50.1 Å². The molecule has 0 aromatic carbocycles. The van der Waals surface area contributed by atoms with Gasteiger partial charge in [0.1, 0.15) is 20.5 Å². The lowest BCUT2D eigenvalue weighted by molar-refractivity contribution is 0.102. The number of rotatable bonds is 2. The number of nitrogens with one attached hydrogen (secondary N) is 1.